The Kier molecular flexibility index (Phi) is 5.73. The Balaban J connectivity index is 2.51. The van der Waals surface area contributed by atoms with Gasteiger partial charge in [0.2, 0.25) is 0 Å². The van der Waals surface area contributed by atoms with Crippen LogP contribution in [0.2, 0.25) is 0 Å². The maximum absolute atomic E-state index is 8.93. The van der Waals surface area contributed by atoms with Gasteiger partial charge in [0.05, 0.1) is 0 Å². The number of nitrogens with two attached hydrogens (primary N) is 1. The van der Waals surface area contributed by atoms with E-state index in [0.29, 0.717) is 18.1 Å². The zero-order valence-corrected chi connectivity index (χ0v) is 10.9. The summed E-state index contributed by atoms with van der Waals surface area (Å²) in [6.07, 6.45) is 6.11. The van der Waals surface area contributed by atoms with Crippen LogP contribution in [0.3, 0.4) is 0 Å². The van der Waals surface area contributed by atoms with Crippen LogP contribution in [0.25, 0.3) is 0 Å². The summed E-state index contributed by atoms with van der Waals surface area (Å²) in [7, 11) is 0. The van der Waals surface area contributed by atoms with Gasteiger partial charge in [-0.2, -0.15) is 0 Å². The highest BCUT2D eigenvalue weighted by atomic mass is 16.3. The Morgan fingerprint density at radius 1 is 1.31 bits per heavy atom. The fraction of sp³-hybridized carbons (Fsp3) is 1.00. The van der Waals surface area contributed by atoms with Crippen molar-refractivity contribution in [3.8, 4) is 0 Å². The lowest BCUT2D eigenvalue weighted by molar-refractivity contribution is 0.119. The van der Waals surface area contributed by atoms with Crippen LogP contribution >= 0.6 is 0 Å². The smallest absolute Gasteiger partial charge is 0.0443 e. The van der Waals surface area contributed by atoms with Crippen molar-refractivity contribution in [2.24, 2.45) is 11.1 Å². The van der Waals surface area contributed by atoms with Gasteiger partial charge in [-0.25, -0.2) is 0 Å². The molecule has 0 heterocycles. The van der Waals surface area contributed by atoms with Crippen LogP contribution in [-0.4, -0.2) is 42.3 Å². The van der Waals surface area contributed by atoms with Crippen LogP contribution in [0.5, 0.6) is 0 Å². The molecule has 0 aromatic rings. The van der Waals surface area contributed by atoms with Gasteiger partial charge in [-0.15, -0.1) is 0 Å². The molecule has 0 saturated heterocycles. The van der Waals surface area contributed by atoms with Gasteiger partial charge >= 0.3 is 0 Å². The minimum atomic E-state index is 0.291. The van der Waals surface area contributed by atoms with Gasteiger partial charge in [-0.3, -0.25) is 0 Å². The minimum absolute atomic E-state index is 0.291. The lowest BCUT2D eigenvalue weighted by Crippen LogP contribution is -2.44. The van der Waals surface area contributed by atoms with Gasteiger partial charge in [-0.1, -0.05) is 12.8 Å². The van der Waals surface area contributed by atoms with E-state index in [1.807, 2.05) is 0 Å². The van der Waals surface area contributed by atoms with Crippen LogP contribution in [0, 0.1) is 5.41 Å². The molecule has 0 aliphatic heterocycles. The Hall–Kier alpha value is -0.120. The fourth-order valence-corrected chi connectivity index (χ4v) is 2.78. The molecule has 1 aliphatic rings. The second-order valence-electron chi connectivity index (χ2n) is 5.55. The van der Waals surface area contributed by atoms with Crippen LogP contribution in [-0.2, 0) is 0 Å². The van der Waals surface area contributed by atoms with Gasteiger partial charge in [0.1, 0.15) is 0 Å². The quantitative estimate of drug-likeness (QED) is 0.696. The van der Waals surface area contributed by atoms with Gasteiger partial charge in [0.15, 0.2) is 0 Å². The third-order valence-corrected chi connectivity index (χ3v) is 3.97. The van der Waals surface area contributed by atoms with Crippen molar-refractivity contribution in [3.63, 3.8) is 0 Å². The second-order valence-corrected chi connectivity index (χ2v) is 5.55. The SMILES string of the molecule is CC(C)N(CCCO)CC1(CN)CCCC1. The number of aliphatic hydroxyl groups excluding tert-OH is 1. The molecule has 0 radical (unpaired) electrons. The summed E-state index contributed by atoms with van der Waals surface area (Å²) in [5, 5.41) is 8.93. The standard InChI is InChI=1S/C13H28N2O/c1-12(2)15(8-5-9-16)11-13(10-14)6-3-4-7-13/h12,16H,3-11,14H2,1-2H3. The maximum Gasteiger partial charge on any atom is 0.0443 e. The second kappa shape index (κ2) is 6.58. The Bertz CT molecular complexity index is 188. The van der Waals surface area contributed by atoms with Crippen molar-refractivity contribution in [1.82, 2.24) is 4.90 Å². The Morgan fingerprint density at radius 2 is 1.94 bits per heavy atom. The molecule has 0 aromatic carbocycles. The summed E-state index contributed by atoms with van der Waals surface area (Å²) in [4.78, 5) is 2.48. The van der Waals surface area contributed by atoms with Crippen molar-refractivity contribution in [1.29, 1.82) is 0 Å². The number of rotatable bonds is 7. The number of hydrogen-bond acceptors (Lipinski definition) is 3. The van der Waals surface area contributed by atoms with E-state index in [1.165, 1.54) is 25.7 Å². The third-order valence-electron chi connectivity index (χ3n) is 3.97. The molecule has 0 bridgehead atoms. The molecule has 0 amide bonds. The average molecular weight is 228 g/mol. The van der Waals surface area contributed by atoms with Crippen molar-refractivity contribution in [2.75, 3.05) is 26.2 Å². The van der Waals surface area contributed by atoms with E-state index in [2.05, 4.69) is 18.7 Å². The predicted molar refractivity (Wildman–Crippen MR) is 68.4 cm³/mol. The van der Waals surface area contributed by atoms with Crippen molar-refractivity contribution in [3.05, 3.63) is 0 Å². The molecule has 0 unspecified atom stereocenters. The van der Waals surface area contributed by atoms with E-state index in [9.17, 15) is 0 Å². The van der Waals surface area contributed by atoms with Crippen molar-refractivity contribution in [2.45, 2.75) is 52.0 Å². The van der Waals surface area contributed by atoms with Crippen LogP contribution in [0.4, 0.5) is 0 Å². The first-order chi connectivity index (χ1) is 7.63. The Morgan fingerprint density at radius 3 is 2.38 bits per heavy atom. The molecule has 3 heteroatoms. The molecule has 3 N–H and O–H groups in total. The van der Waals surface area contributed by atoms with E-state index in [0.717, 1.165) is 26.1 Å². The lowest BCUT2D eigenvalue weighted by Gasteiger charge is -2.36. The monoisotopic (exact) mass is 228 g/mol. The summed E-state index contributed by atoms with van der Waals surface area (Å²) in [5.41, 5.74) is 6.33. The molecule has 1 rings (SSSR count). The zero-order chi connectivity index (χ0) is 12.0. The lowest BCUT2D eigenvalue weighted by atomic mass is 9.85. The number of hydrogen-bond donors (Lipinski definition) is 2. The van der Waals surface area contributed by atoms with Crippen molar-refractivity contribution >= 4 is 0 Å². The fourth-order valence-electron chi connectivity index (χ4n) is 2.78. The molecular formula is C13H28N2O. The molecule has 16 heavy (non-hydrogen) atoms. The normalized spacial score (nSPS) is 19.9. The van der Waals surface area contributed by atoms with Crippen LogP contribution in [0.1, 0.15) is 46.0 Å². The number of nitrogens with zero attached hydrogens (tertiary/aromatic N) is 1. The summed E-state index contributed by atoms with van der Waals surface area (Å²) in [6.45, 7) is 7.68. The zero-order valence-electron chi connectivity index (χ0n) is 10.9. The molecule has 1 saturated carbocycles. The molecule has 1 fully saturated rings. The first-order valence-electron chi connectivity index (χ1n) is 6.68. The van der Waals surface area contributed by atoms with Crippen LogP contribution < -0.4 is 5.73 Å². The molecule has 0 aromatic heterocycles. The molecular weight excluding hydrogens is 200 g/mol. The van der Waals surface area contributed by atoms with Gasteiger partial charge in [-0.05, 0) is 45.1 Å². The third kappa shape index (κ3) is 3.72. The van der Waals surface area contributed by atoms with Gasteiger partial charge in [0.25, 0.3) is 0 Å². The van der Waals surface area contributed by atoms with E-state index in [-0.39, 0.29) is 0 Å². The van der Waals surface area contributed by atoms with Crippen LogP contribution in [0.15, 0.2) is 0 Å². The van der Waals surface area contributed by atoms with Gasteiger partial charge in [0, 0.05) is 25.7 Å². The summed E-state index contributed by atoms with van der Waals surface area (Å²) in [5.74, 6) is 0. The highest BCUT2D eigenvalue weighted by molar-refractivity contribution is 4.89. The van der Waals surface area contributed by atoms with E-state index in [4.69, 9.17) is 10.8 Å². The largest absolute Gasteiger partial charge is 0.396 e. The molecule has 3 nitrogen and oxygen atoms in total. The first kappa shape index (κ1) is 13.9. The molecule has 0 spiro atoms. The highest BCUT2D eigenvalue weighted by Gasteiger charge is 2.34. The first-order valence-corrected chi connectivity index (χ1v) is 6.68. The predicted octanol–water partition coefficient (Wildman–Crippen LogP) is 1.60. The summed E-state index contributed by atoms with van der Waals surface area (Å²) < 4.78 is 0. The van der Waals surface area contributed by atoms with Crippen molar-refractivity contribution < 1.29 is 5.11 Å². The number of aliphatic hydroxyl groups is 1. The molecule has 0 atom stereocenters. The minimum Gasteiger partial charge on any atom is -0.396 e. The van der Waals surface area contributed by atoms with Gasteiger partial charge < -0.3 is 15.7 Å². The van der Waals surface area contributed by atoms with E-state index in [1.54, 1.807) is 0 Å². The summed E-state index contributed by atoms with van der Waals surface area (Å²) >= 11 is 0. The molecule has 1 aliphatic carbocycles. The Labute approximate surface area is 100 Å². The summed E-state index contributed by atoms with van der Waals surface area (Å²) in [6, 6.07) is 0.551. The maximum atomic E-state index is 8.93. The average Bonchev–Trinajstić information content (AvgIpc) is 2.73. The van der Waals surface area contributed by atoms with E-state index >= 15 is 0 Å². The van der Waals surface area contributed by atoms with E-state index < -0.39 is 0 Å². The molecule has 96 valence electrons. The highest BCUT2D eigenvalue weighted by Crippen LogP contribution is 2.38. The topological polar surface area (TPSA) is 49.5 Å².